The van der Waals surface area contributed by atoms with E-state index in [0.29, 0.717) is 0 Å². The summed E-state index contributed by atoms with van der Waals surface area (Å²) in [6.45, 7) is 1.87. The van der Waals surface area contributed by atoms with Crippen molar-refractivity contribution in [3.05, 3.63) is 24.0 Å². The maximum atomic E-state index is 8.74. The van der Waals surface area contributed by atoms with Gasteiger partial charge in [-0.1, -0.05) is 0 Å². The van der Waals surface area contributed by atoms with Crippen molar-refractivity contribution in [3.63, 3.8) is 0 Å². The largest absolute Gasteiger partial charge is 0.506 e. The van der Waals surface area contributed by atoms with Gasteiger partial charge in [0.25, 0.3) is 0 Å². The minimum Gasteiger partial charge on any atom is -0.506 e. The topological polar surface area (TPSA) is 108 Å². The van der Waals surface area contributed by atoms with Crippen LogP contribution in [0.4, 0.5) is 0 Å². The summed E-state index contributed by atoms with van der Waals surface area (Å²) < 4.78 is 31.6. The van der Waals surface area contributed by atoms with E-state index in [0.717, 1.165) is 5.69 Å². The Hall–Kier alpha value is -1.18. The Balaban J connectivity index is 0.000000252. The zero-order chi connectivity index (χ0) is 10.5. The SMILES string of the molecule is Cc1ccc(O)cn1.O=S(=O)(O)O. The van der Waals surface area contributed by atoms with Crippen molar-refractivity contribution >= 4 is 10.4 Å². The standard InChI is InChI=1S/C6H7NO.H2O4S/c1-5-2-3-6(8)4-7-5;1-5(2,3)4/h2-4,8H,1H3;(H2,1,2,3,4). The monoisotopic (exact) mass is 207 g/mol. The molecule has 0 fully saturated rings. The Morgan fingerprint density at radius 1 is 1.31 bits per heavy atom. The highest BCUT2D eigenvalue weighted by atomic mass is 32.3. The third-order valence-electron chi connectivity index (χ3n) is 0.896. The van der Waals surface area contributed by atoms with E-state index in [1.807, 2.05) is 6.92 Å². The lowest BCUT2D eigenvalue weighted by Crippen LogP contribution is -1.89. The molecule has 7 heteroatoms. The lowest BCUT2D eigenvalue weighted by molar-refractivity contribution is 0.381. The van der Waals surface area contributed by atoms with Crippen molar-refractivity contribution in [1.82, 2.24) is 4.98 Å². The molecule has 0 saturated carbocycles. The average molecular weight is 207 g/mol. The van der Waals surface area contributed by atoms with Gasteiger partial charge in [0, 0.05) is 5.69 Å². The molecular weight excluding hydrogens is 198 g/mol. The first-order valence-electron chi connectivity index (χ1n) is 3.10. The van der Waals surface area contributed by atoms with Crippen LogP contribution < -0.4 is 0 Å². The quantitative estimate of drug-likeness (QED) is 0.533. The van der Waals surface area contributed by atoms with Crippen LogP contribution in [0.3, 0.4) is 0 Å². The van der Waals surface area contributed by atoms with Gasteiger partial charge in [-0.2, -0.15) is 8.42 Å². The number of hydrogen-bond acceptors (Lipinski definition) is 4. The fraction of sp³-hybridized carbons (Fsp3) is 0.167. The van der Waals surface area contributed by atoms with E-state index in [-0.39, 0.29) is 5.75 Å². The molecule has 0 spiro atoms. The van der Waals surface area contributed by atoms with Gasteiger partial charge in [0.05, 0.1) is 6.20 Å². The summed E-state index contributed by atoms with van der Waals surface area (Å²) in [6.07, 6.45) is 1.43. The van der Waals surface area contributed by atoms with Gasteiger partial charge < -0.3 is 5.11 Å². The fourth-order valence-electron chi connectivity index (χ4n) is 0.460. The average Bonchev–Trinajstić information content (AvgIpc) is 1.92. The molecule has 0 unspecified atom stereocenters. The molecule has 1 aromatic rings. The second-order valence-electron chi connectivity index (χ2n) is 2.11. The van der Waals surface area contributed by atoms with Crippen LogP contribution in [0.1, 0.15) is 5.69 Å². The second kappa shape index (κ2) is 4.75. The molecule has 0 aromatic carbocycles. The molecule has 0 bridgehead atoms. The molecule has 74 valence electrons. The van der Waals surface area contributed by atoms with Crippen molar-refractivity contribution < 1.29 is 22.6 Å². The summed E-state index contributed by atoms with van der Waals surface area (Å²) in [7, 11) is -4.67. The smallest absolute Gasteiger partial charge is 0.394 e. The highest BCUT2D eigenvalue weighted by molar-refractivity contribution is 7.79. The zero-order valence-electron chi connectivity index (χ0n) is 6.75. The molecule has 1 aromatic heterocycles. The van der Waals surface area contributed by atoms with Gasteiger partial charge in [0.15, 0.2) is 0 Å². The molecule has 0 aliphatic heterocycles. The van der Waals surface area contributed by atoms with Crippen molar-refractivity contribution in [1.29, 1.82) is 0 Å². The molecule has 0 aliphatic carbocycles. The molecule has 0 saturated heterocycles. The Labute approximate surface area is 75.4 Å². The molecule has 0 aliphatic rings. The fourth-order valence-corrected chi connectivity index (χ4v) is 0.460. The number of aryl methyl sites for hydroxylation is 1. The second-order valence-corrected chi connectivity index (χ2v) is 3.00. The van der Waals surface area contributed by atoms with Gasteiger partial charge in [-0.15, -0.1) is 0 Å². The van der Waals surface area contributed by atoms with E-state index < -0.39 is 10.4 Å². The van der Waals surface area contributed by atoms with Crippen LogP contribution in [-0.4, -0.2) is 27.6 Å². The molecule has 1 heterocycles. The Bertz CT molecular complexity index is 315. The van der Waals surface area contributed by atoms with Gasteiger partial charge in [-0.3, -0.25) is 14.1 Å². The van der Waals surface area contributed by atoms with Crippen molar-refractivity contribution in [2.24, 2.45) is 0 Å². The number of aromatic nitrogens is 1. The number of hydrogen-bond donors (Lipinski definition) is 3. The molecule has 13 heavy (non-hydrogen) atoms. The highest BCUT2D eigenvalue weighted by Crippen LogP contribution is 2.03. The molecule has 0 amide bonds. The van der Waals surface area contributed by atoms with Gasteiger partial charge in [0.1, 0.15) is 5.75 Å². The first kappa shape index (κ1) is 11.8. The number of rotatable bonds is 0. The van der Waals surface area contributed by atoms with E-state index in [4.69, 9.17) is 22.6 Å². The first-order chi connectivity index (χ1) is 5.79. The summed E-state index contributed by atoms with van der Waals surface area (Å²) in [5, 5.41) is 8.69. The first-order valence-corrected chi connectivity index (χ1v) is 4.50. The minimum absolute atomic E-state index is 0.218. The van der Waals surface area contributed by atoms with Crippen molar-refractivity contribution in [2.45, 2.75) is 6.92 Å². The minimum atomic E-state index is -4.67. The molecule has 6 nitrogen and oxygen atoms in total. The van der Waals surface area contributed by atoms with E-state index >= 15 is 0 Å². The third-order valence-corrected chi connectivity index (χ3v) is 0.896. The summed E-state index contributed by atoms with van der Waals surface area (Å²) in [5.41, 5.74) is 0.919. The Morgan fingerprint density at radius 3 is 2.00 bits per heavy atom. The van der Waals surface area contributed by atoms with E-state index in [1.54, 1.807) is 12.1 Å². The predicted molar refractivity (Wildman–Crippen MR) is 44.8 cm³/mol. The number of pyridine rings is 1. The normalized spacial score (nSPS) is 10.1. The lowest BCUT2D eigenvalue weighted by Gasteiger charge is -1.88. The van der Waals surface area contributed by atoms with Crippen molar-refractivity contribution in [3.8, 4) is 5.75 Å². The lowest BCUT2D eigenvalue weighted by atomic mass is 10.4. The van der Waals surface area contributed by atoms with E-state index in [1.165, 1.54) is 6.20 Å². The third kappa shape index (κ3) is 10.8. The maximum Gasteiger partial charge on any atom is 0.394 e. The zero-order valence-corrected chi connectivity index (χ0v) is 7.56. The molecule has 0 radical (unpaired) electrons. The van der Waals surface area contributed by atoms with Crippen LogP contribution in [0.5, 0.6) is 5.75 Å². The van der Waals surface area contributed by atoms with Gasteiger partial charge in [-0.25, -0.2) is 0 Å². The number of nitrogens with zero attached hydrogens (tertiary/aromatic N) is 1. The summed E-state index contributed by atoms with van der Waals surface area (Å²) in [4.78, 5) is 3.83. The van der Waals surface area contributed by atoms with Crippen LogP contribution in [0.25, 0.3) is 0 Å². The van der Waals surface area contributed by atoms with Crippen LogP contribution in [0.2, 0.25) is 0 Å². The highest BCUT2D eigenvalue weighted by Gasteiger charge is 1.84. The van der Waals surface area contributed by atoms with Crippen LogP contribution >= 0.6 is 0 Å². The van der Waals surface area contributed by atoms with Crippen LogP contribution in [0.15, 0.2) is 18.3 Å². The van der Waals surface area contributed by atoms with Gasteiger partial charge >= 0.3 is 10.4 Å². The Morgan fingerprint density at radius 2 is 1.77 bits per heavy atom. The Kier molecular flexibility index (Phi) is 4.32. The molecular formula is C6H9NO5S. The molecule has 1 rings (SSSR count). The van der Waals surface area contributed by atoms with Crippen LogP contribution in [-0.2, 0) is 10.4 Å². The summed E-state index contributed by atoms with van der Waals surface area (Å²) >= 11 is 0. The molecule has 3 N–H and O–H groups in total. The summed E-state index contributed by atoms with van der Waals surface area (Å²) in [6, 6.07) is 3.37. The van der Waals surface area contributed by atoms with E-state index in [9.17, 15) is 0 Å². The van der Waals surface area contributed by atoms with E-state index in [2.05, 4.69) is 4.98 Å². The number of aromatic hydroxyl groups is 1. The molecule has 0 atom stereocenters. The summed E-state index contributed by atoms with van der Waals surface area (Å²) in [5.74, 6) is 0.218. The van der Waals surface area contributed by atoms with Crippen LogP contribution in [0, 0.1) is 6.92 Å². The van der Waals surface area contributed by atoms with Gasteiger partial charge in [-0.05, 0) is 19.1 Å². The van der Waals surface area contributed by atoms with Gasteiger partial charge in [0.2, 0.25) is 0 Å². The predicted octanol–water partition coefficient (Wildman–Crippen LogP) is 0.443. The maximum absolute atomic E-state index is 8.74. The van der Waals surface area contributed by atoms with Crippen molar-refractivity contribution in [2.75, 3.05) is 0 Å².